The first-order valence-electron chi connectivity index (χ1n) is 7.99. The van der Waals surface area contributed by atoms with Crippen molar-refractivity contribution in [3.63, 3.8) is 0 Å². The van der Waals surface area contributed by atoms with Gasteiger partial charge in [-0.25, -0.2) is 4.79 Å². The molecule has 9 nitrogen and oxygen atoms in total. The van der Waals surface area contributed by atoms with Crippen molar-refractivity contribution >= 4 is 17.9 Å². The van der Waals surface area contributed by atoms with Gasteiger partial charge in [0.2, 0.25) is 0 Å². The Morgan fingerprint density at radius 2 is 1.88 bits per heavy atom. The lowest BCUT2D eigenvalue weighted by Gasteiger charge is -2.19. The summed E-state index contributed by atoms with van der Waals surface area (Å²) < 4.78 is 10.4. The van der Waals surface area contributed by atoms with Crippen LogP contribution < -0.4 is 25.8 Å². The van der Waals surface area contributed by atoms with E-state index in [1.54, 1.807) is 32.0 Å². The van der Waals surface area contributed by atoms with Crippen molar-refractivity contribution in [1.82, 2.24) is 10.6 Å². The van der Waals surface area contributed by atoms with Crippen LogP contribution in [0, 0.1) is 5.41 Å². The van der Waals surface area contributed by atoms with Gasteiger partial charge in [-0.2, -0.15) is 0 Å². The summed E-state index contributed by atoms with van der Waals surface area (Å²) in [7, 11) is 1.46. The maximum atomic E-state index is 11.8. The van der Waals surface area contributed by atoms with E-state index in [0.29, 0.717) is 17.9 Å². The minimum atomic E-state index is -0.912. The summed E-state index contributed by atoms with van der Waals surface area (Å²) in [6.07, 6.45) is 0.315. The first kappa shape index (κ1) is 21.1. The van der Waals surface area contributed by atoms with E-state index in [9.17, 15) is 14.4 Å². The van der Waals surface area contributed by atoms with E-state index in [-0.39, 0.29) is 19.7 Å². The fourth-order valence-electron chi connectivity index (χ4n) is 1.93. The van der Waals surface area contributed by atoms with Crippen LogP contribution in [-0.4, -0.2) is 43.3 Å². The zero-order valence-electron chi connectivity index (χ0n) is 15.1. The number of aliphatic carboxylic acids is 1. The van der Waals surface area contributed by atoms with Crippen LogP contribution in [0.25, 0.3) is 0 Å². The lowest BCUT2D eigenvalue weighted by Crippen LogP contribution is -2.38. The molecule has 9 heteroatoms. The second-order valence-electron chi connectivity index (χ2n) is 6.29. The summed E-state index contributed by atoms with van der Waals surface area (Å²) in [6.45, 7) is 3.42. The Labute approximate surface area is 151 Å². The molecule has 0 unspecified atom stereocenters. The van der Waals surface area contributed by atoms with Gasteiger partial charge in [-0.05, 0) is 38.0 Å². The summed E-state index contributed by atoms with van der Waals surface area (Å²) in [5.74, 6) is -0.726. The number of carbonyl (C=O) groups excluding carboxylic acids is 2. The van der Waals surface area contributed by atoms with E-state index in [0.717, 1.165) is 5.56 Å². The van der Waals surface area contributed by atoms with Gasteiger partial charge < -0.3 is 30.9 Å². The largest absolute Gasteiger partial charge is 0.493 e. The standard InChI is InChI=1S/C17H25N3O6/c1-17(2,15(22)23)6-7-19-16(24)20-9-11-4-5-12(13(8-11)25-3)26-10-14(18)21/h4-5,8H,6-7,9-10H2,1-3H3,(H2,18,21)(H,22,23)(H2,19,20,24). The molecule has 0 aromatic heterocycles. The molecule has 26 heavy (non-hydrogen) atoms. The van der Waals surface area contributed by atoms with Crippen molar-refractivity contribution in [3.8, 4) is 11.5 Å². The highest BCUT2D eigenvalue weighted by Crippen LogP contribution is 2.28. The van der Waals surface area contributed by atoms with Crippen molar-refractivity contribution < 1.29 is 29.0 Å². The number of nitrogens with two attached hydrogens (primary N) is 1. The molecule has 5 N–H and O–H groups in total. The Hall–Kier alpha value is -2.97. The molecule has 3 amide bonds. The number of hydrogen-bond donors (Lipinski definition) is 4. The van der Waals surface area contributed by atoms with Crippen molar-refractivity contribution in [2.75, 3.05) is 20.3 Å². The van der Waals surface area contributed by atoms with Crippen LogP contribution in [0.2, 0.25) is 0 Å². The van der Waals surface area contributed by atoms with Gasteiger partial charge in [0.05, 0.1) is 12.5 Å². The third kappa shape index (κ3) is 6.88. The Morgan fingerprint density at radius 1 is 1.19 bits per heavy atom. The van der Waals surface area contributed by atoms with Gasteiger partial charge in [0.1, 0.15) is 0 Å². The smallest absolute Gasteiger partial charge is 0.315 e. The molecule has 0 aliphatic heterocycles. The third-order valence-electron chi connectivity index (χ3n) is 3.67. The van der Waals surface area contributed by atoms with Crippen LogP contribution in [0.1, 0.15) is 25.8 Å². The minimum absolute atomic E-state index is 0.237. The maximum Gasteiger partial charge on any atom is 0.315 e. The Kier molecular flexibility index (Phi) is 7.70. The highest BCUT2D eigenvalue weighted by atomic mass is 16.5. The molecule has 0 fully saturated rings. The lowest BCUT2D eigenvalue weighted by atomic mass is 9.90. The molecule has 0 saturated heterocycles. The third-order valence-corrected chi connectivity index (χ3v) is 3.67. The number of primary amides is 1. The molecule has 0 aliphatic rings. The van der Waals surface area contributed by atoms with Crippen LogP contribution in [0.5, 0.6) is 11.5 Å². The van der Waals surface area contributed by atoms with Crippen molar-refractivity contribution in [3.05, 3.63) is 23.8 Å². The number of ether oxygens (including phenoxy) is 2. The molecular formula is C17H25N3O6. The highest BCUT2D eigenvalue weighted by molar-refractivity contribution is 5.76. The summed E-state index contributed by atoms with van der Waals surface area (Å²) in [4.78, 5) is 33.6. The molecule has 0 atom stereocenters. The van der Waals surface area contributed by atoms with Crippen LogP contribution in [-0.2, 0) is 16.1 Å². The summed E-state index contributed by atoms with van der Waals surface area (Å²) in [5, 5.41) is 14.3. The van der Waals surface area contributed by atoms with Crippen LogP contribution in [0.15, 0.2) is 18.2 Å². The van der Waals surface area contributed by atoms with E-state index in [2.05, 4.69) is 10.6 Å². The predicted octanol–water partition coefficient (Wildman–Crippen LogP) is 0.859. The van der Waals surface area contributed by atoms with E-state index in [1.807, 2.05) is 0 Å². The molecule has 0 spiro atoms. The molecule has 0 saturated carbocycles. The van der Waals surface area contributed by atoms with Crippen molar-refractivity contribution in [2.24, 2.45) is 11.1 Å². The number of hydrogen-bond acceptors (Lipinski definition) is 5. The monoisotopic (exact) mass is 367 g/mol. The lowest BCUT2D eigenvalue weighted by molar-refractivity contribution is -0.147. The molecule has 1 aromatic carbocycles. The number of amides is 3. The Bertz CT molecular complexity index is 660. The molecule has 0 heterocycles. The predicted molar refractivity (Wildman–Crippen MR) is 94.0 cm³/mol. The number of nitrogens with one attached hydrogen (secondary N) is 2. The second-order valence-corrected chi connectivity index (χ2v) is 6.29. The Morgan fingerprint density at radius 3 is 2.46 bits per heavy atom. The van der Waals surface area contributed by atoms with Gasteiger partial charge in [-0.3, -0.25) is 9.59 Å². The topological polar surface area (TPSA) is 140 Å². The zero-order valence-corrected chi connectivity index (χ0v) is 15.1. The van der Waals surface area contributed by atoms with Gasteiger partial charge in [0, 0.05) is 13.1 Å². The van der Waals surface area contributed by atoms with Gasteiger partial charge in [0.15, 0.2) is 18.1 Å². The summed E-state index contributed by atoms with van der Waals surface area (Å²) in [6, 6.07) is 4.60. The molecule has 0 bridgehead atoms. The number of benzene rings is 1. The van der Waals surface area contributed by atoms with Gasteiger partial charge >= 0.3 is 12.0 Å². The van der Waals surface area contributed by atoms with Gasteiger partial charge in [-0.1, -0.05) is 6.07 Å². The number of urea groups is 1. The van der Waals surface area contributed by atoms with Crippen LogP contribution in [0.4, 0.5) is 4.79 Å². The first-order valence-corrected chi connectivity index (χ1v) is 7.99. The molecule has 0 radical (unpaired) electrons. The van der Waals surface area contributed by atoms with E-state index in [1.165, 1.54) is 7.11 Å². The maximum absolute atomic E-state index is 11.8. The number of carboxylic acid groups (broad SMARTS) is 1. The number of rotatable bonds is 10. The Balaban J connectivity index is 2.50. The SMILES string of the molecule is COc1cc(CNC(=O)NCCC(C)(C)C(=O)O)ccc1OCC(N)=O. The average molecular weight is 367 g/mol. The van der Waals surface area contributed by atoms with E-state index >= 15 is 0 Å². The fourth-order valence-corrected chi connectivity index (χ4v) is 1.93. The van der Waals surface area contributed by atoms with Crippen LogP contribution in [0.3, 0.4) is 0 Å². The molecule has 144 valence electrons. The van der Waals surface area contributed by atoms with Crippen molar-refractivity contribution in [2.45, 2.75) is 26.8 Å². The van der Waals surface area contributed by atoms with Gasteiger partial charge in [0.25, 0.3) is 5.91 Å². The van der Waals surface area contributed by atoms with E-state index < -0.39 is 23.3 Å². The number of carbonyl (C=O) groups is 3. The highest BCUT2D eigenvalue weighted by Gasteiger charge is 2.26. The average Bonchev–Trinajstić information content (AvgIpc) is 2.57. The fraction of sp³-hybridized carbons (Fsp3) is 0.471. The normalized spacial score (nSPS) is 10.7. The van der Waals surface area contributed by atoms with Crippen molar-refractivity contribution in [1.29, 1.82) is 0 Å². The number of methoxy groups -OCH3 is 1. The quantitative estimate of drug-likeness (QED) is 0.483. The first-order chi connectivity index (χ1) is 12.2. The van der Waals surface area contributed by atoms with E-state index in [4.69, 9.17) is 20.3 Å². The minimum Gasteiger partial charge on any atom is -0.493 e. The molecule has 1 rings (SSSR count). The molecule has 0 aliphatic carbocycles. The van der Waals surface area contributed by atoms with Crippen LogP contribution >= 0.6 is 0 Å². The summed E-state index contributed by atoms with van der Waals surface area (Å²) in [5.41, 5.74) is 4.89. The zero-order chi connectivity index (χ0) is 19.7. The van der Waals surface area contributed by atoms with Gasteiger partial charge in [-0.15, -0.1) is 0 Å². The number of carboxylic acids is 1. The molecular weight excluding hydrogens is 342 g/mol. The second kappa shape index (κ2) is 9.50. The molecule has 1 aromatic rings. The summed E-state index contributed by atoms with van der Waals surface area (Å²) >= 11 is 0.